The van der Waals surface area contributed by atoms with Crippen LogP contribution in [0.15, 0.2) is 24.3 Å². The third-order valence-corrected chi connectivity index (χ3v) is 6.22. The van der Waals surface area contributed by atoms with Crippen molar-refractivity contribution in [2.45, 2.75) is 69.0 Å². The first-order valence-electron chi connectivity index (χ1n) is 7.92. The lowest BCUT2D eigenvalue weighted by Crippen LogP contribution is -2.51. The second-order valence-corrected chi connectivity index (χ2v) is 9.64. The molecule has 0 radical (unpaired) electrons. The number of hydrogen-bond acceptors (Lipinski definition) is 3. The Hall–Kier alpha value is -0.330. The fraction of sp³-hybridized carbons (Fsp3) is 0.647. The fourth-order valence-corrected chi connectivity index (χ4v) is 3.99. The normalized spacial score (nSPS) is 28.4. The molecule has 0 aliphatic heterocycles. The summed E-state index contributed by atoms with van der Waals surface area (Å²) in [5.74, 6) is 0. The third kappa shape index (κ3) is 4.60. The molecular formula is C17H25ClFNO2S. The zero-order valence-electron chi connectivity index (χ0n) is 13.8. The highest BCUT2D eigenvalue weighted by atomic mass is 35.5. The Morgan fingerprint density at radius 2 is 1.91 bits per heavy atom. The van der Waals surface area contributed by atoms with E-state index in [9.17, 15) is 14.0 Å². The average molecular weight is 362 g/mol. The van der Waals surface area contributed by atoms with Crippen molar-refractivity contribution < 1.29 is 14.0 Å². The SMILES string of the molecule is CC(C)(C)[S+]([O-])N[C@@H](c1ccccc1Cl)[C@]1(O)CC[C@H](F)CC1. The minimum atomic E-state index is -1.37. The Morgan fingerprint density at radius 1 is 1.35 bits per heavy atom. The molecule has 0 aromatic heterocycles. The number of aliphatic hydroxyl groups is 1. The van der Waals surface area contributed by atoms with E-state index in [-0.39, 0.29) is 0 Å². The highest BCUT2D eigenvalue weighted by Crippen LogP contribution is 2.42. The molecule has 1 aliphatic rings. The van der Waals surface area contributed by atoms with E-state index in [1.807, 2.05) is 39.0 Å². The van der Waals surface area contributed by atoms with E-state index in [2.05, 4.69) is 4.72 Å². The highest BCUT2D eigenvalue weighted by Gasteiger charge is 2.45. The van der Waals surface area contributed by atoms with E-state index in [4.69, 9.17) is 11.6 Å². The third-order valence-electron chi connectivity index (χ3n) is 4.32. The van der Waals surface area contributed by atoms with Gasteiger partial charge < -0.3 is 9.66 Å². The van der Waals surface area contributed by atoms with Gasteiger partial charge in [0.25, 0.3) is 0 Å². The number of benzene rings is 1. The summed E-state index contributed by atoms with van der Waals surface area (Å²) in [6.07, 6.45) is 0.370. The molecule has 3 nitrogen and oxygen atoms in total. The predicted octanol–water partition coefficient (Wildman–Crippen LogP) is 4.08. The first-order chi connectivity index (χ1) is 10.6. The van der Waals surface area contributed by atoms with Gasteiger partial charge in [0, 0.05) is 16.4 Å². The van der Waals surface area contributed by atoms with Crippen LogP contribution < -0.4 is 4.72 Å². The lowest BCUT2D eigenvalue weighted by atomic mass is 9.76. The van der Waals surface area contributed by atoms with Crippen molar-refractivity contribution in [2.75, 3.05) is 0 Å². The van der Waals surface area contributed by atoms with Crippen molar-refractivity contribution in [2.24, 2.45) is 0 Å². The standard InChI is InChI=1S/C17H25ClFNO2S/c1-16(2,3)23(22)20-15(13-6-4-5-7-14(13)18)17(21)10-8-12(19)9-11-17/h4-7,12,15,20-21H,8-11H2,1-3H3/t12-,15-,17-,23?/m0/s1. The summed E-state index contributed by atoms with van der Waals surface area (Å²) >= 11 is 4.93. The molecule has 2 rings (SSSR count). The molecule has 1 fully saturated rings. The predicted molar refractivity (Wildman–Crippen MR) is 93.5 cm³/mol. The smallest absolute Gasteiger partial charge is 0.136 e. The molecule has 2 N–H and O–H groups in total. The van der Waals surface area contributed by atoms with Gasteiger partial charge in [0.15, 0.2) is 0 Å². The molecule has 1 unspecified atom stereocenters. The second-order valence-electron chi connectivity index (χ2n) is 7.23. The topological polar surface area (TPSA) is 55.3 Å². The Labute approximate surface area is 145 Å². The maximum atomic E-state index is 13.5. The summed E-state index contributed by atoms with van der Waals surface area (Å²) in [4.78, 5) is 0. The van der Waals surface area contributed by atoms with E-state index < -0.39 is 33.9 Å². The Balaban J connectivity index is 2.34. The van der Waals surface area contributed by atoms with Crippen LogP contribution in [-0.2, 0) is 11.4 Å². The van der Waals surface area contributed by atoms with Crippen LogP contribution in [0.5, 0.6) is 0 Å². The van der Waals surface area contributed by atoms with Crippen LogP contribution in [0.2, 0.25) is 5.02 Å². The van der Waals surface area contributed by atoms with Crippen molar-refractivity contribution in [3.63, 3.8) is 0 Å². The Morgan fingerprint density at radius 3 is 2.43 bits per heavy atom. The van der Waals surface area contributed by atoms with Crippen molar-refractivity contribution in [3.05, 3.63) is 34.9 Å². The van der Waals surface area contributed by atoms with Gasteiger partial charge in [0.2, 0.25) is 0 Å². The zero-order valence-corrected chi connectivity index (χ0v) is 15.4. The maximum Gasteiger partial charge on any atom is 0.136 e. The molecule has 0 amide bonds. The molecule has 0 spiro atoms. The summed E-state index contributed by atoms with van der Waals surface area (Å²) in [6.45, 7) is 5.59. The summed E-state index contributed by atoms with van der Waals surface area (Å²) < 4.78 is 28.7. The van der Waals surface area contributed by atoms with Crippen molar-refractivity contribution >= 4 is 23.0 Å². The van der Waals surface area contributed by atoms with Crippen LogP contribution in [0.4, 0.5) is 4.39 Å². The molecular weight excluding hydrogens is 337 g/mol. The van der Waals surface area contributed by atoms with E-state index >= 15 is 0 Å². The van der Waals surface area contributed by atoms with Gasteiger partial charge in [-0.2, -0.15) is 0 Å². The van der Waals surface area contributed by atoms with E-state index in [1.54, 1.807) is 6.07 Å². The quantitative estimate of drug-likeness (QED) is 0.794. The molecule has 1 aromatic carbocycles. The monoisotopic (exact) mass is 361 g/mol. The molecule has 23 heavy (non-hydrogen) atoms. The van der Waals surface area contributed by atoms with Crippen LogP contribution in [-0.4, -0.2) is 26.2 Å². The Bertz CT molecular complexity index is 530. The van der Waals surface area contributed by atoms with Crippen molar-refractivity contribution in [1.29, 1.82) is 0 Å². The van der Waals surface area contributed by atoms with Gasteiger partial charge in [0.05, 0.1) is 5.60 Å². The van der Waals surface area contributed by atoms with Crippen LogP contribution in [0, 0.1) is 0 Å². The van der Waals surface area contributed by atoms with Crippen LogP contribution >= 0.6 is 11.6 Å². The van der Waals surface area contributed by atoms with E-state index in [0.717, 1.165) is 0 Å². The molecule has 0 saturated heterocycles. The molecule has 1 saturated carbocycles. The summed E-state index contributed by atoms with van der Waals surface area (Å²) in [7, 11) is 0. The van der Waals surface area contributed by atoms with Gasteiger partial charge in [-0.05, 0) is 58.1 Å². The molecule has 1 aliphatic carbocycles. The number of halogens is 2. The van der Waals surface area contributed by atoms with Crippen LogP contribution in [0.25, 0.3) is 0 Å². The lowest BCUT2D eigenvalue weighted by molar-refractivity contribution is -0.0408. The first kappa shape index (κ1) is 19.0. The summed E-state index contributed by atoms with van der Waals surface area (Å²) in [6, 6.07) is 6.62. The first-order valence-corrected chi connectivity index (χ1v) is 9.45. The van der Waals surface area contributed by atoms with Crippen molar-refractivity contribution in [3.8, 4) is 0 Å². The minimum absolute atomic E-state index is 0.307. The summed E-state index contributed by atoms with van der Waals surface area (Å²) in [5, 5.41) is 11.6. The molecule has 2 atom stereocenters. The molecule has 1 aromatic rings. The van der Waals surface area contributed by atoms with Crippen LogP contribution in [0.3, 0.4) is 0 Å². The number of nitrogens with one attached hydrogen (secondary N) is 1. The van der Waals surface area contributed by atoms with Gasteiger partial charge in [-0.1, -0.05) is 29.8 Å². The molecule has 6 heteroatoms. The van der Waals surface area contributed by atoms with Crippen LogP contribution in [0.1, 0.15) is 58.1 Å². The van der Waals surface area contributed by atoms with E-state index in [1.165, 1.54) is 0 Å². The Kier molecular flexibility index (Phi) is 6.01. The molecule has 0 heterocycles. The van der Waals surface area contributed by atoms with Gasteiger partial charge in [0.1, 0.15) is 17.0 Å². The maximum absolute atomic E-state index is 13.5. The largest absolute Gasteiger partial charge is 0.598 e. The van der Waals surface area contributed by atoms with Crippen molar-refractivity contribution in [1.82, 2.24) is 4.72 Å². The molecule has 130 valence electrons. The zero-order chi connectivity index (χ0) is 17.3. The minimum Gasteiger partial charge on any atom is -0.598 e. The second kappa shape index (κ2) is 7.28. The van der Waals surface area contributed by atoms with Gasteiger partial charge >= 0.3 is 0 Å². The number of alkyl halides is 1. The fourth-order valence-electron chi connectivity index (χ4n) is 2.83. The highest BCUT2D eigenvalue weighted by molar-refractivity contribution is 7.90. The number of rotatable bonds is 4. The number of hydrogen-bond donors (Lipinski definition) is 2. The van der Waals surface area contributed by atoms with E-state index in [0.29, 0.717) is 36.3 Å². The van der Waals surface area contributed by atoms with Gasteiger partial charge in [-0.25, -0.2) is 4.39 Å². The summed E-state index contributed by atoms with van der Waals surface area (Å²) in [5.41, 5.74) is -0.458. The lowest BCUT2D eigenvalue weighted by Gasteiger charge is -2.41. The average Bonchev–Trinajstić information content (AvgIpc) is 2.48. The van der Waals surface area contributed by atoms with Gasteiger partial charge in [-0.3, -0.25) is 0 Å². The van der Waals surface area contributed by atoms with Gasteiger partial charge in [-0.15, -0.1) is 4.72 Å². The molecule has 0 bridgehead atoms.